The first-order valence-electron chi connectivity index (χ1n) is 10.6. The molecule has 1 aliphatic heterocycles. The number of rotatable bonds is 7. The zero-order valence-electron chi connectivity index (χ0n) is 18.3. The van der Waals surface area contributed by atoms with Crippen molar-refractivity contribution < 1.29 is 29.0 Å². The van der Waals surface area contributed by atoms with E-state index < -0.39 is 35.8 Å². The van der Waals surface area contributed by atoms with E-state index in [0.29, 0.717) is 11.4 Å². The van der Waals surface area contributed by atoms with Gasteiger partial charge in [-0.25, -0.2) is 0 Å². The summed E-state index contributed by atoms with van der Waals surface area (Å²) >= 11 is 0. The predicted molar refractivity (Wildman–Crippen MR) is 114 cm³/mol. The molecule has 1 saturated heterocycles. The second-order valence-electron chi connectivity index (χ2n) is 8.06. The Hall–Kier alpha value is -2.87. The van der Waals surface area contributed by atoms with Crippen molar-refractivity contribution in [3.63, 3.8) is 0 Å². The van der Waals surface area contributed by atoms with Crippen molar-refractivity contribution >= 4 is 23.5 Å². The first kappa shape index (κ1) is 22.8. The van der Waals surface area contributed by atoms with Gasteiger partial charge in [0.1, 0.15) is 11.8 Å². The van der Waals surface area contributed by atoms with Crippen LogP contribution in [0.5, 0.6) is 5.75 Å². The van der Waals surface area contributed by atoms with Crippen LogP contribution in [0.1, 0.15) is 20.8 Å². The maximum atomic E-state index is 13.4. The van der Waals surface area contributed by atoms with Gasteiger partial charge in [0.05, 0.1) is 38.2 Å². The predicted octanol–water partition coefficient (Wildman–Crippen LogP) is 1.84. The number of hydrogen-bond acceptors (Lipinski definition) is 6. The van der Waals surface area contributed by atoms with Gasteiger partial charge in [0.15, 0.2) is 0 Å². The summed E-state index contributed by atoms with van der Waals surface area (Å²) in [6.45, 7) is 5.21. The molecule has 0 radical (unpaired) electrons. The Morgan fingerprint density at radius 1 is 1.23 bits per heavy atom. The van der Waals surface area contributed by atoms with Gasteiger partial charge in [-0.1, -0.05) is 19.1 Å². The first-order valence-corrected chi connectivity index (χ1v) is 10.6. The Morgan fingerprint density at radius 2 is 1.90 bits per heavy atom. The molecular formula is C23H30N2O6. The van der Waals surface area contributed by atoms with Gasteiger partial charge in [-0.05, 0) is 44.0 Å². The molecule has 0 unspecified atom stereocenters. The van der Waals surface area contributed by atoms with Crippen LogP contribution in [-0.2, 0) is 19.1 Å². The van der Waals surface area contributed by atoms with E-state index in [1.165, 1.54) is 4.90 Å². The number of allylic oxidation sites excluding steroid dienone is 1. The molecule has 2 aliphatic rings. The van der Waals surface area contributed by atoms with Crippen LogP contribution in [0.4, 0.5) is 5.69 Å². The molecule has 168 valence electrons. The number of aliphatic hydroxyl groups is 1. The van der Waals surface area contributed by atoms with Crippen LogP contribution in [0, 0.1) is 23.7 Å². The highest BCUT2D eigenvalue weighted by atomic mass is 16.5. The van der Waals surface area contributed by atoms with Gasteiger partial charge in [0.25, 0.3) is 0 Å². The quantitative estimate of drug-likeness (QED) is 0.505. The van der Waals surface area contributed by atoms with Crippen LogP contribution in [0.15, 0.2) is 36.4 Å². The molecule has 1 aromatic carbocycles. The van der Waals surface area contributed by atoms with Gasteiger partial charge < -0.3 is 24.8 Å². The normalized spacial score (nSPS) is 28.1. The molecule has 0 aromatic heterocycles. The number of nitrogens with zero attached hydrogens (tertiary/aromatic N) is 1. The van der Waals surface area contributed by atoms with Crippen molar-refractivity contribution in [3.05, 3.63) is 36.4 Å². The molecule has 1 aromatic rings. The fraction of sp³-hybridized carbons (Fsp3) is 0.522. The summed E-state index contributed by atoms with van der Waals surface area (Å²) in [6.07, 6.45) is 3.72. The molecule has 1 fully saturated rings. The highest BCUT2D eigenvalue weighted by Crippen LogP contribution is 2.45. The highest BCUT2D eigenvalue weighted by molar-refractivity contribution is 6.01. The van der Waals surface area contributed by atoms with Crippen LogP contribution >= 0.6 is 0 Å². The molecule has 0 spiro atoms. The summed E-state index contributed by atoms with van der Waals surface area (Å²) in [5.74, 6) is -2.52. The molecule has 0 saturated carbocycles. The lowest BCUT2D eigenvalue weighted by atomic mass is 9.70. The van der Waals surface area contributed by atoms with Gasteiger partial charge in [-0.15, -0.1) is 0 Å². The fourth-order valence-electron chi connectivity index (χ4n) is 4.59. The number of fused-ring (bicyclic) bond motifs is 1. The molecule has 31 heavy (non-hydrogen) atoms. The van der Waals surface area contributed by atoms with Crippen LogP contribution in [0.3, 0.4) is 0 Å². The molecule has 6 atom stereocenters. The summed E-state index contributed by atoms with van der Waals surface area (Å²) in [4.78, 5) is 40.8. The standard InChI is InChI=1S/C23H30N2O6/c1-5-31-23(29)18-13(2)6-11-17-19(18)22(28)25(14(3)12-26)20(17)21(27)24-15-7-9-16(30-4)10-8-15/h6-11,13-14,17-20,26H,5,12H2,1-4H3,(H,24,27)/t13-,14-,17+,18-,19-,20+/m1/s1. The van der Waals surface area contributed by atoms with Gasteiger partial charge in [0.2, 0.25) is 11.8 Å². The van der Waals surface area contributed by atoms with E-state index in [1.807, 2.05) is 19.1 Å². The number of benzene rings is 1. The Kier molecular flexibility index (Phi) is 7.00. The van der Waals surface area contributed by atoms with Crippen LogP contribution in [-0.4, -0.2) is 60.2 Å². The molecule has 8 nitrogen and oxygen atoms in total. The van der Waals surface area contributed by atoms with E-state index in [2.05, 4.69) is 5.32 Å². The van der Waals surface area contributed by atoms with Crippen LogP contribution in [0.25, 0.3) is 0 Å². The average Bonchev–Trinajstić information content (AvgIpc) is 3.06. The average molecular weight is 431 g/mol. The number of methoxy groups -OCH3 is 1. The van der Waals surface area contributed by atoms with E-state index in [-0.39, 0.29) is 30.9 Å². The largest absolute Gasteiger partial charge is 0.497 e. The van der Waals surface area contributed by atoms with Crippen molar-refractivity contribution in [3.8, 4) is 5.75 Å². The third-order valence-electron chi connectivity index (χ3n) is 6.13. The van der Waals surface area contributed by atoms with E-state index in [1.54, 1.807) is 45.2 Å². The summed E-state index contributed by atoms with van der Waals surface area (Å²) in [5.41, 5.74) is 0.563. The number of aliphatic hydroxyl groups excluding tert-OH is 1. The number of likely N-dealkylation sites (tertiary alicyclic amines) is 1. The monoisotopic (exact) mass is 430 g/mol. The maximum Gasteiger partial charge on any atom is 0.310 e. The minimum atomic E-state index is -0.845. The summed E-state index contributed by atoms with van der Waals surface area (Å²) < 4.78 is 10.4. The summed E-state index contributed by atoms with van der Waals surface area (Å²) in [5, 5.41) is 12.6. The van der Waals surface area contributed by atoms with E-state index >= 15 is 0 Å². The van der Waals surface area contributed by atoms with Gasteiger partial charge in [-0.3, -0.25) is 14.4 Å². The Morgan fingerprint density at radius 3 is 2.48 bits per heavy atom. The number of esters is 1. The lowest BCUT2D eigenvalue weighted by Crippen LogP contribution is -2.49. The summed E-state index contributed by atoms with van der Waals surface area (Å²) in [7, 11) is 1.56. The van der Waals surface area contributed by atoms with E-state index in [4.69, 9.17) is 9.47 Å². The lowest BCUT2D eigenvalue weighted by molar-refractivity contribution is -0.155. The Balaban J connectivity index is 1.94. The SMILES string of the molecule is CCOC(=O)[C@H]1[C@@H]2C(=O)N([C@H](C)CO)[C@H](C(=O)Nc3ccc(OC)cc3)[C@H]2C=C[C@H]1C. The van der Waals surface area contributed by atoms with Crippen molar-refractivity contribution in [2.24, 2.45) is 23.7 Å². The maximum absolute atomic E-state index is 13.4. The molecule has 3 rings (SSSR count). The number of ether oxygens (including phenoxy) is 2. The van der Waals surface area contributed by atoms with Gasteiger partial charge in [-0.2, -0.15) is 0 Å². The van der Waals surface area contributed by atoms with Crippen molar-refractivity contribution in [2.45, 2.75) is 32.9 Å². The minimum Gasteiger partial charge on any atom is -0.497 e. The van der Waals surface area contributed by atoms with Crippen molar-refractivity contribution in [1.82, 2.24) is 4.90 Å². The minimum absolute atomic E-state index is 0.195. The number of anilines is 1. The second kappa shape index (κ2) is 9.51. The molecule has 8 heteroatoms. The number of amides is 2. The number of carbonyl (C=O) groups excluding carboxylic acids is 3. The van der Waals surface area contributed by atoms with E-state index in [9.17, 15) is 19.5 Å². The van der Waals surface area contributed by atoms with Gasteiger partial charge in [0, 0.05) is 11.6 Å². The first-order chi connectivity index (χ1) is 14.8. The third-order valence-corrected chi connectivity index (χ3v) is 6.13. The number of nitrogens with one attached hydrogen (secondary N) is 1. The smallest absolute Gasteiger partial charge is 0.310 e. The number of hydrogen-bond donors (Lipinski definition) is 2. The molecule has 1 aliphatic carbocycles. The van der Waals surface area contributed by atoms with Crippen LogP contribution in [0.2, 0.25) is 0 Å². The lowest BCUT2D eigenvalue weighted by Gasteiger charge is -2.32. The Labute approximate surface area is 182 Å². The molecule has 2 amide bonds. The number of carbonyl (C=O) groups is 3. The molecular weight excluding hydrogens is 400 g/mol. The zero-order chi connectivity index (χ0) is 22.7. The topological polar surface area (TPSA) is 105 Å². The highest BCUT2D eigenvalue weighted by Gasteiger charge is 2.58. The van der Waals surface area contributed by atoms with E-state index in [0.717, 1.165) is 0 Å². The molecule has 0 bridgehead atoms. The second-order valence-corrected chi connectivity index (χ2v) is 8.06. The molecule has 1 heterocycles. The fourth-order valence-corrected chi connectivity index (χ4v) is 4.59. The third kappa shape index (κ3) is 4.30. The van der Waals surface area contributed by atoms with Crippen molar-refractivity contribution in [1.29, 1.82) is 0 Å². The van der Waals surface area contributed by atoms with Crippen LogP contribution < -0.4 is 10.1 Å². The zero-order valence-corrected chi connectivity index (χ0v) is 18.3. The van der Waals surface area contributed by atoms with Crippen molar-refractivity contribution in [2.75, 3.05) is 25.6 Å². The Bertz CT molecular complexity index is 852. The summed E-state index contributed by atoms with van der Waals surface area (Å²) in [6, 6.07) is 5.46. The molecule has 2 N–H and O–H groups in total. The van der Waals surface area contributed by atoms with Gasteiger partial charge >= 0.3 is 5.97 Å².